The van der Waals surface area contributed by atoms with E-state index in [4.69, 9.17) is 29.4 Å². The van der Waals surface area contributed by atoms with Crippen molar-refractivity contribution in [3.8, 4) is 0 Å². The smallest absolute Gasteiger partial charge is 0.312 e. The third-order valence-electron chi connectivity index (χ3n) is 7.93. The highest BCUT2D eigenvalue weighted by Gasteiger charge is 2.25. The first-order chi connectivity index (χ1) is 31.3. The van der Waals surface area contributed by atoms with Crippen LogP contribution in [-0.2, 0) is 63.9 Å². The molecule has 0 aromatic heterocycles. The summed E-state index contributed by atoms with van der Waals surface area (Å²) in [5.41, 5.74) is 10.3. The number of ether oxygens (including phenoxy) is 5. The first-order valence-corrected chi connectivity index (χ1v) is 22.1. The minimum atomic E-state index is -0.982. The van der Waals surface area contributed by atoms with Gasteiger partial charge in [0.1, 0.15) is 18.4 Å². The Morgan fingerprint density at radius 3 is 1.64 bits per heavy atom. The molecule has 0 radical (unpaired) electrons. The maximum absolute atomic E-state index is 12.8. The molecule has 0 fully saturated rings. The average Bonchev–Trinajstić information content (AvgIpc) is 3.28. The minimum absolute atomic E-state index is 0.0160. The van der Waals surface area contributed by atoms with Crippen LogP contribution in [0.5, 0.6) is 0 Å². The molecule has 0 saturated carbocycles. The number of primary amides is 2. The summed E-state index contributed by atoms with van der Waals surface area (Å²) in [6.45, 7) is 18.4. The van der Waals surface area contributed by atoms with Crippen LogP contribution < -0.4 is 43.4 Å². The quantitative estimate of drug-likeness (QED) is 0.0400. The van der Waals surface area contributed by atoms with E-state index in [0.29, 0.717) is 64.6 Å². The normalized spacial score (nSPS) is 10.5. The molecule has 8 amide bonds. The van der Waals surface area contributed by atoms with Gasteiger partial charge in [-0.05, 0) is 31.4 Å². The molecule has 0 bridgehead atoms. The van der Waals surface area contributed by atoms with Gasteiger partial charge < -0.3 is 67.1 Å². The zero-order valence-corrected chi connectivity index (χ0v) is 40.6. The van der Waals surface area contributed by atoms with Crippen LogP contribution in [0.1, 0.15) is 104 Å². The number of rotatable bonds is 30. The van der Waals surface area contributed by atoms with Crippen LogP contribution in [0.25, 0.3) is 0 Å². The van der Waals surface area contributed by atoms with Crippen LogP contribution in [0.15, 0.2) is 18.2 Å². The van der Waals surface area contributed by atoms with E-state index in [1.54, 1.807) is 40.7 Å². The van der Waals surface area contributed by atoms with Gasteiger partial charge in [0.25, 0.3) is 5.91 Å². The van der Waals surface area contributed by atoms with Crippen LogP contribution in [-0.4, -0.2) is 139 Å². The number of nitrogens with two attached hydrogens (primary N) is 2. The van der Waals surface area contributed by atoms with Gasteiger partial charge in [-0.2, -0.15) is 0 Å². The predicted molar refractivity (Wildman–Crippen MR) is 248 cm³/mol. The monoisotopic (exact) mass is 943 g/mol. The Morgan fingerprint density at radius 2 is 1.20 bits per heavy atom. The summed E-state index contributed by atoms with van der Waals surface area (Å²) in [4.78, 5) is 105. The van der Waals surface area contributed by atoms with Gasteiger partial charge in [0, 0.05) is 49.7 Å². The molecule has 0 spiro atoms. The Bertz CT molecular complexity index is 1590. The number of anilines is 1. The Morgan fingerprint density at radius 1 is 0.682 bits per heavy atom. The number of benzene rings is 1. The van der Waals surface area contributed by atoms with Crippen LogP contribution in [0.3, 0.4) is 0 Å². The second-order valence-corrected chi connectivity index (χ2v) is 14.3. The van der Waals surface area contributed by atoms with Crippen molar-refractivity contribution >= 4 is 58.9 Å². The summed E-state index contributed by atoms with van der Waals surface area (Å²) in [5, 5.41) is 15.1. The number of amides is 8. The number of hydrogen-bond acceptors (Lipinski definition) is 14. The molecule has 66 heavy (non-hydrogen) atoms. The highest BCUT2D eigenvalue weighted by molar-refractivity contribution is 6.00. The molecule has 1 aromatic carbocycles. The van der Waals surface area contributed by atoms with E-state index in [1.807, 2.05) is 20.8 Å². The molecule has 1 unspecified atom stereocenters. The first kappa shape index (κ1) is 64.6. The van der Waals surface area contributed by atoms with Crippen molar-refractivity contribution in [2.24, 2.45) is 23.3 Å². The lowest BCUT2D eigenvalue weighted by Crippen LogP contribution is -2.52. The molecule has 0 heterocycles. The molecule has 0 aliphatic carbocycles. The van der Waals surface area contributed by atoms with E-state index < -0.39 is 54.1 Å². The summed E-state index contributed by atoms with van der Waals surface area (Å²) >= 11 is 0. The summed E-state index contributed by atoms with van der Waals surface area (Å²) in [6, 6.07) is 3.10. The number of carbonyl (C=O) groups excluding carboxylic acids is 9. The zero-order valence-electron chi connectivity index (χ0n) is 40.6. The Kier molecular flexibility index (Phi) is 41.1. The van der Waals surface area contributed by atoms with Gasteiger partial charge in [0.2, 0.25) is 29.5 Å². The number of Topliss-reactive ketones (excluding diaryl/α,β-unsaturated/α-hetero) is 1. The number of carbonyl (C=O) groups is 9. The van der Waals surface area contributed by atoms with Gasteiger partial charge in [-0.3, -0.25) is 38.4 Å². The molecule has 0 saturated heterocycles. The van der Waals surface area contributed by atoms with Crippen molar-refractivity contribution in [1.29, 1.82) is 0 Å². The van der Waals surface area contributed by atoms with Crippen LogP contribution in [0.2, 0.25) is 0 Å². The highest BCUT2D eigenvalue weighted by Crippen LogP contribution is 2.18. The van der Waals surface area contributed by atoms with E-state index in [9.17, 15) is 43.2 Å². The maximum atomic E-state index is 12.8. The molecule has 0 aliphatic heterocycles. The molecular weight excluding hydrogens is 865 g/mol. The topological polar surface area (TPSA) is 324 Å². The molecule has 10 N–H and O–H groups in total. The molecule has 22 heteroatoms. The van der Waals surface area contributed by atoms with Crippen LogP contribution in [0, 0.1) is 11.8 Å². The lowest BCUT2D eigenvalue weighted by Gasteiger charge is -2.21. The van der Waals surface area contributed by atoms with Gasteiger partial charge in [-0.1, -0.05) is 61.5 Å². The first-order valence-electron chi connectivity index (χ1n) is 22.1. The Hall–Kier alpha value is -5.71. The fourth-order valence-electron chi connectivity index (χ4n) is 4.34. The zero-order chi connectivity index (χ0) is 50.9. The second kappa shape index (κ2) is 42.0. The van der Waals surface area contributed by atoms with Crippen molar-refractivity contribution in [2.45, 2.75) is 101 Å². The van der Waals surface area contributed by atoms with Crippen LogP contribution >= 0.6 is 0 Å². The van der Waals surface area contributed by atoms with Crippen molar-refractivity contribution < 1.29 is 66.8 Å². The Balaban J connectivity index is -0.00000246. The molecule has 22 nitrogen and oxygen atoms in total. The molecule has 1 aromatic rings. The van der Waals surface area contributed by atoms with Crippen molar-refractivity contribution in [3.63, 3.8) is 0 Å². The molecule has 0 aliphatic rings. The fraction of sp³-hybridized carbons (Fsp3) is 0.659. The summed E-state index contributed by atoms with van der Waals surface area (Å²) < 4.78 is 26.6. The second-order valence-electron chi connectivity index (χ2n) is 14.3. The standard InChI is InChI=1S/C35H55N5O12.C4H10N2O.C3H7NO.C2H6/c1-23(2)32(40-31(44)20-37-29(42)10-12-49-14-16-51-18-17-50-15-13-48-11-9-25(5)41)34(46)38-21-30(43)39-27-8-7-26(22-52-35(47)24(3)4)28(19-27)33(45)36-6;1-2-3-6-4(5)7;1-2-3(4)5;1-2/h7-8,19,23-24,32H,9-18,20-22H2,1-6H3,(H,36,45)(H,37,42)(H,38,46)(H,39,43)(H,40,44);2-3H2,1H3,(H3,5,6,7);2H2,1H3,(H2,4,5);1-2H3. The summed E-state index contributed by atoms with van der Waals surface area (Å²) in [7, 11) is 1.45. The number of esters is 1. The lowest BCUT2D eigenvalue weighted by atomic mass is 10.0. The van der Waals surface area contributed by atoms with Crippen molar-refractivity contribution in [1.82, 2.24) is 26.6 Å². The van der Waals surface area contributed by atoms with Gasteiger partial charge in [0.15, 0.2) is 0 Å². The minimum Gasteiger partial charge on any atom is -0.461 e. The van der Waals surface area contributed by atoms with E-state index in [1.165, 1.54) is 26.1 Å². The lowest BCUT2D eigenvalue weighted by molar-refractivity contribution is -0.148. The molecule has 1 atom stereocenters. The fourth-order valence-corrected chi connectivity index (χ4v) is 4.34. The van der Waals surface area contributed by atoms with Gasteiger partial charge >= 0.3 is 12.0 Å². The number of urea groups is 1. The van der Waals surface area contributed by atoms with E-state index in [-0.39, 0.29) is 67.6 Å². The van der Waals surface area contributed by atoms with Crippen LogP contribution in [0.4, 0.5) is 10.5 Å². The van der Waals surface area contributed by atoms with Crippen molar-refractivity contribution in [3.05, 3.63) is 29.3 Å². The number of hydrogen-bond donors (Lipinski definition) is 8. The van der Waals surface area contributed by atoms with E-state index in [2.05, 4.69) is 37.6 Å². The maximum Gasteiger partial charge on any atom is 0.312 e. The number of nitrogens with one attached hydrogen (secondary N) is 6. The average molecular weight is 943 g/mol. The SMILES string of the molecule is CC.CCC(N)=O.CCCNC(N)=O.CNC(=O)c1cc(NC(=O)CNC(=O)C(NC(=O)CNC(=O)CCOCCOCCOCCOCCC(C)=O)C(C)C)ccc1COC(=O)C(C)C. The van der Waals surface area contributed by atoms with Gasteiger partial charge in [-0.15, -0.1) is 0 Å². The Labute approximate surface area is 389 Å². The van der Waals surface area contributed by atoms with Gasteiger partial charge in [-0.25, -0.2) is 4.79 Å². The number of ketones is 1. The molecule has 378 valence electrons. The summed E-state index contributed by atoms with van der Waals surface area (Å²) in [5.74, 6) is -3.89. The molecule has 1 rings (SSSR count). The largest absolute Gasteiger partial charge is 0.461 e. The molecular formula is C44H78N8O14. The third-order valence-corrected chi connectivity index (χ3v) is 7.93. The third kappa shape index (κ3) is 37.6. The van der Waals surface area contributed by atoms with E-state index in [0.717, 1.165) is 6.42 Å². The highest BCUT2D eigenvalue weighted by atomic mass is 16.6. The summed E-state index contributed by atoms with van der Waals surface area (Å²) in [6.07, 6.45) is 1.78. The predicted octanol–water partition coefficient (Wildman–Crippen LogP) is 1.47. The van der Waals surface area contributed by atoms with E-state index >= 15 is 0 Å². The van der Waals surface area contributed by atoms with Gasteiger partial charge in [0.05, 0.1) is 71.9 Å². The van der Waals surface area contributed by atoms with Crippen molar-refractivity contribution in [2.75, 3.05) is 84.9 Å².